The highest BCUT2D eigenvalue weighted by molar-refractivity contribution is 5.30. The Morgan fingerprint density at radius 1 is 1.00 bits per heavy atom. The number of aliphatic hydroxyl groups excluding tert-OH is 1. The van der Waals surface area contributed by atoms with Gasteiger partial charge in [-0.15, -0.1) is 5.10 Å². The second kappa shape index (κ2) is 6.01. The van der Waals surface area contributed by atoms with Crippen LogP contribution < -0.4 is 4.74 Å². The van der Waals surface area contributed by atoms with Gasteiger partial charge in [-0.1, -0.05) is 29.3 Å². The van der Waals surface area contributed by atoms with Gasteiger partial charge in [0.1, 0.15) is 12.7 Å². The molecule has 0 aliphatic carbocycles. The molecule has 0 aliphatic heterocycles. The fraction of sp³-hybridized carbons (Fsp3) is 0.375. The molecule has 0 amide bonds. The molecule has 0 fully saturated rings. The van der Waals surface area contributed by atoms with Crippen molar-refractivity contribution in [3.63, 3.8) is 0 Å². The zero-order chi connectivity index (χ0) is 14.7. The van der Waals surface area contributed by atoms with E-state index in [2.05, 4.69) is 16.3 Å². The van der Waals surface area contributed by atoms with Gasteiger partial charge in [0, 0.05) is 6.07 Å². The van der Waals surface area contributed by atoms with Crippen LogP contribution in [0.2, 0.25) is 0 Å². The predicted molar refractivity (Wildman–Crippen MR) is 77.9 cm³/mol. The van der Waals surface area contributed by atoms with Crippen LogP contribution in [0.4, 0.5) is 0 Å². The zero-order valence-electron chi connectivity index (χ0n) is 12.3. The number of aromatic nitrogens is 2. The highest BCUT2D eigenvalue weighted by Gasteiger charge is 2.10. The summed E-state index contributed by atoms with van der Waals surface area (Å²) in [5.41, 5.74) is 5.03. The molecule has 1 N–H and O–H groups in total. The van der Waals surface area contributed by atoms with E-state index in [-0.39, 0.29) is 6.61 Å². The summed E-state index contributed by atoms with van der Waals surface area (Å²) in [6, 6.07) is 7.84. The van der Waals surface area contributed by atoms with E-state index in [1.54, 1.807) is 0 Å². The molecular weight excluding hydrogens is 252 g/mol. The summed E-state index contributed by atoms with van der Waals surface area (Å²) < 4.78 is 5.51. The molecule has 2 rings (SSSR count). The van der Waals surface area contributed by atoms with Crippen molar-refractivity contribution in [3.05, 3.63) is 52.2 Å². The van der Waals surface area contributed by atoms with Gasteiger partial charge in [-0.25, -0.2) is 0 Å². The molecule has 1 atom stereocenters. The van der Waals surface area contributed by atoms with Gasteiger partial charge in [0.2, 0.25) is 5.88 Å². The lowest BCUT2D eigenvalue weighted by Crippen LogP contribution is -2.11. The minimum atomic E-state index is -0.669. The highest BCUT2D eigenvalue weighted by atomic mass is 16.5. The predicted octanol–water partition coefficient (Wildman–Crippen LogP) is 2.82. The van der Waals surface area contributed by atoms with Gasteiger partial charge in [-0.05, 0) is 38.8 Å². The molecule has 0 spiro atoms. The third-order valence-corrected chi connectivity index (χ3v) is 3.23. The van der Waals surface area contributed by atoms with Crippen LogP contribution >= 0.6 is 0 Å². The van der Waals surface area contributed by atoms with Crippen molar-refractivity contribution >= 4 is 0 Å². The second-order valence-electron chi connectivity index (χ2n) is 5.20. The minimum absolute atomic E-state index is 0.167. The molecule has 20 heavy (non-hydrogen) atoms. The highest BCUT2D eigenvalue weighted by Crippen LogP contribution is 2.18. The molecule has 4 nitrogen and oxygen atoms in total. The molecule has 0 saturated carbocycles. The summed E-state index contributed by atoms with van der Waals surface area (Å²) in [7, 11) is 0. The maximum atomic E-state index is 10.2. The molecule has 0 radical (unpaired) electrons. The monoisotopic (exact) mass is 272 g/mol. The molecule has 1 heterocycles. The topological polar surface area (TPSA) is 55.2 Å². The summed E-state index contributed by atoms with van der Waals surface area (Å²) in [6.45, 7) is 8.05. The van der Waals surface area contributed by atoms with Crippen LogP contribution in [-0.2, 0) is 0 Å². The first-order chi connectivity index (χ1) is 9.45. The van der Waals surface area contributed by atoms with Crippen LogP contribution in [0.15, 0.2) is 24.3 Å². The summed E-state index contributed by atoms with van der Waals surface area (Å²) in [6.07, 6.45) is -0.669. The molecule has 4 heteroatoms. The van der Waals surface area contributed by atoms with Gasteiger partial charge in [-0.2, -0.15) is 5.10 Å². The molecule has 1 aromatic carbocycles. The maximum Gasteiger partial charge on any atom is 0.233 e. The number of benzene rings is 1. The lowest BCUT2D eigenvalue weighted by atomic mass is 10.0. The average Bonchev–Trinajstić information content (AvgIpc) is 2.38. The van der Waals surface area contributed by atoms with Gasteiger partial charge < -0.3 is 9.84 Å². The van der Waals surface area contributed by atoms with E-state index in [9.17, 15) is 5.11 Å². The van der Waals surface area contributed by atoms with Gasteiger partial charge in [0.05, 0.1) is 5.69 Å². The van der Waals surface area contributed by atoms with Crippen molar-refractivity contribution in [1.82, 2.24) is 10.2 Å². The fourth-order valence-corrected chi connectivity index (χ4v) is 2.06. The molecule has 0 aliphatic rings. The first-order valence-electron chi connectivity index (χ1n) is 6.65. The van der Waals surface area contributed by atoms with Crippen LogP contribution in [0.3, 0.4) is 0 Å². The van der Waals surface area contributed by atoms with E-state index in [4.69, 9.17) is 4.74 Å². The fourth-order valence-electron chi connectivity index (χ4n) is 2.06. The van der Waals surface area contributed by atoms with E-state index >= 15 is 0 Å². The van der Waals surface area contributed by atoms with Crippen LogP contribution in [0, 0.1) is 27.7 Å². The summed E-state index contributed by atoms with van der Waals surface area (Å²) >= 11 is 0. The SMILES string of the molecule is Cc1cc(C)cc([C@@H](O)COc2cc(C)c(C)nn2)c1. The molecule has 1 aromatic heterocycles. The second-order valence-corrected chi connectivity index (χ2v) is 5.20. The molecule has 0 bridgehead atoms. The standard InChI is InChI=1S/C16H20N2O2/c1-10-5-11(2)7-14(6-10)15(19)9-20-16-8-12(3)13(4)17-18-16/h5-8,15,19H,9H2,1-4H3/t15-/m0/s1. The summed E-state index contributed by atoms with van der Waals surface area (Å²) in [4.78, 5) is 0. The van der Waals surface area contributed by atoms with Crippen molar-refractivity contribution in [3.8, 4) is 5.88 Å². The lowest BCUT2D eigenvalue weighted by Gasteiger charge is -2.13. The number of ether oxygens (including phenoxy) is 1. The molecule has 2 aromatic rings. The number of hydrogen-bond donors (Lipinski definition) is 1. The Kier molecular flexibility index (Phi) is 4.35. The Balaban J connectivity index is 2.04. The zero-order valence-corrected chi connectivity index (χ0v) is 12.3. The smallest absolute Gasteiger partial charge is 0.233 e. The number of hydrogen-bond acceptors (Lipinski definition) is 4. The number of rotatable bonds is 4. The van der Waals surface area contributed by atoms with E-state index in [0.29, 0.717) is 5.88 Å². The Labute approximate surface area is 119 Å². The maximum absolute atomic E-state index is 10.2. The Bertz CT molecular complexity index is 591. The van der Waals surface area contributed by atoms with Crippen LogP contribution in [0.25, 0.3) is 0 Å². The normalized spacial score (nSPS) is 12.2. The van der Waals surface area contributed by atoms with E-state index in [1.165, 1.54) is 0 Å². The quantitative estimate of drug-likeness (QED) is 0.930. The van der Waals surface area contributed by atoms with Crippen LogP contribution in [0.1, 0.15) is 34.1 Å². The minimum Gasteiger partial charge on any atom is -0.473 e. The molecular formula is C16H20N2O2. The third kappa shape index (κ3) is 3.54. The number of nitrogens with zero attached hydrogens (tertiary/aromatic N) is 2. The third-order valence-electron chi connectivity index (χ3n) is 3.23. The van der Waals surface area contributed by atoms with Gasteiger partial charge >= 0.3 is 0 Å². The van der Waals surface area contributed by atoms with Gasteiger partial charge in [-0.3, -0.25) is 0 Å². The van der Waals surface area contributed by atoms with Gasteiger partial charge in [0.15, 0.2) is 0 Å². The Morgan fingerprint density at radius 3 is 2.25 bits per heavy atom. The van der Waals surface area contributed by atoms with Crippen molar-refractivity contribution < 1.29 is 9.84 Å². The first-order valence-corrected chi connectivity index (χ1v) is 6.65. The lowest BCUT2D eigenvalue weighted by molar-refractivity contribution is 0.105. The van der Waals surface area contributed by atoms with Crippen LogP contribution in [0.5, 0.6) is 5.88 Å². The van der Waals surface area contributed by atoms with Crippen molar-refractivity contribution in [2.24, 2.45) is 0 Å². The number of aliphatic hydroxyl groups is 1. The van der Waals surface area contributed by atoms with Crippen molar-refractivity contribution in [2.75, 3.05) is 6.61 Å². The van der Waals surface area contributed by atoms with E-state index in [0.717, 1.165) is 27.9 Å². The van der Waals surface area contributed by atoms with E-state index < -0.39 is 6.10 Å². The summed E-state index contributed by atoms with van der Waals surface area (Å²) in [5.74, 6) is 0.441. The largest absolute Gasteiger partial charge is 0.473 e. The molecule has 0 unspecified atom stereocenters. The first kappa shape index (κ1) is 14.5. The summed E-state index contributed by atoms with van der Waals surface area (Å²) in [5, 5.41) is 18.1. The Morgan fingerprint density at radius 2 is 1.65 bits per heavy atom. The Hall–Kier alpha value is -1.94. The van der Waals surface area contributed by atoms with Gasteiger partial charge in [0.25, 0.3) is 0 Å². The van der Waals surface area contributed by atoms with Crippen LogP contribution in [-0.4, -0.2) is 21.9 Å². The van der Waals surface area contributed by atoms with Crippen molar-refractivity contribution in [1.29, 1.82) is 0 Å². The average molecular weight is 272 g/mol. The molecule has 106 valence electrons. The molecule has 0 saturated heterocycles. The van der Waals surface area contributed by atoms with Crippen molar-refractivity contribution in [2.45, 2.75) is 33.8 Å². The van der Waals surface area contributed by atoms with E-state index in [1.807, 2.05) is 45.9 Å². The number of aryl methyl sites for hydroxylation is 4.